The van der Waals surface area contributed by atoms with E-state index in [2.05, 4.69) is 9.97 Å². The zero-order chi connectivity index (χ0) is 15.8. The first-order valence-corrected chi connectivity index (χ1v) is 7.85. The smallest absolute Gasteiger partial charge is 0.229 e. The molecule has 1 amide bonds. The molecule has 1 atom stereocenters. The topological polar surface area (TPSA) is 67.5 Å². The van der Waals surface area contributed by atoms with Gasteiger partial charge in [-0.15, -0.1) is 0 Å². The van der Waals surface area contributed by atoms with Gasteiger partial charge in [-0.1, -0.05) is 12.1 Å². The summed E-state index contributed by atoms with van der Waals surface area (Å²) in [7, 11) is 1.63. The van der Waals surface area contributed by atoms with E-state index in [1.807, 2.05) is 23.1 Å². The molecular weight excluding hydrogens is 294 g/mol. The number of benzene rings is 1. The number of carbonyl (C=O) groups is 1. The van der Waals surface area contributed by atoms with Crippen molar-refractivity contribution in [2.75, 3.05) is 20.3 Å². The fraction of sp³-hybridized carbons (Fsp3) is 0.412. The molecule has 4 rings (SSSR count). The molecule has 0 bridgehead atoms. The molecule has 3 heterocycles. The molecule has 1 aromatic carbocycles. The maximum atomic E-state index is 12.8. The number of ether oxygens (including phenoxy) is 2. The summed E-state index contributed by atoms with van der Waals surface area (Å²) in [6.07, 6.45) is 3.20. The van der Waals surface area contributed by atoms with Gasteiger partial charge in [-0.2, -0.15) is 0 Å². The number of hydrogen-bond acceptors (Lipinski definition) is 4. The summed E-state index contributed by atoms with van der Waals surface area (Å²) < 4.78 is 11.2. The predicted molar refractivity (Wildman–Crippen MR) is 83.4 cm³/mol. The van der Waals surface area contributed by atoms with E-state index >= 15 is 0 Å². The second-order valence-corrected chi connectivity index (χ2v) is 6.00. The lowest BCUT2D eigenvalue weighted by molar-refractivity contribution is -0.138. The van der Waals surface area contributed by atoms with Gasteiger partial charge in [0, 0.05) is 13.0 Å². The van der Waals surface area contributed by atoms with Gasteiger partial charge in [0.2, 0.25) is 5.91 Å². The van der Waals surface area contributed by atoms with Crippen LogP contribution in [0.15, 0.2) is 24.5 Å². The number of nitrogens with one attached hydrogen (secondary N) is 1. The van der Waals surface area contributed by atoms with Gasteiger partial charge in [0.25, 0.3) is 0 Å². The van der Waals surface area contributed by atoms with Crippen LogP contribution in [0.25, 0.3) is 0 Å². The van der Waals surface area contributed by atoms with Crippen LogP contribution in [0.2, 0.25) is 0 Å². The monoisotopic (exact) mass is 313 g/mol. The molecule has 0 fully saturated rings. The molecule has 2 aliphatic heterocycles. The molecule has 0 aliphatic carbocycles. The fourth-order valence-corrected chi connectivity index (χ4v) is 3.37. The Kier molecular flexibility index (Phi) is 3.44. The zero-order valence-corrected chi connectivity index (χ0v) is 13.0. The third-order valence-corrected chi connectivity index (χ3v) is 4.61. The lowest BCUT2D eigenvalue weighted by atomic mass is 9.94. The molecule has 0 saturated heterocycles. The molecule has 0 unspecified atom stereocenters. The number of fused-ring (bicyclic) bond motifs is 2. The molecule has 120 valence electrons. The van der Waals surface area contributed by atoms with Gasteiger partial charge in [-0.3, -0.25) is 4.79 Å². The van der Waals surface area contributed by atoms with E-state index in [4.69, 9.17) is 9.47 Å². The number of methoxy groups -OCH3 is 1. The van der Waals surface area contributed by atoms with Gasteiger partial charge in [-0.25, -0.2) is 4.98 Å². The minimum absolute atomic E-state index is 0.140. The first-order chi connectivity index (χ1) is 11.3. The van der Waals surface area contributed by atoms with Crippen LogP contribution in [0.5, 0.6) is 11.5 Å². The lowest BCUT2D eigenvalue weighted by Crippen LogP contribution is -2.43. The highest BCUT2D eigenvalue weighted by atomic mass is 16.5. The van der Waals surface area contributed by atoms with Crippen LogP contribution in [0.4, 0.5) is 0 Å². The number of para-hydroxylation sites is 1. The van der Waals surface area contributed by atoms with Gasteiger partial charge in [0.1, 0.15) is 6.61 Å². The third-order valence-electron chi connectivity index (χ3n) is 4.61. The molecule has 0 saturated carbocycles. The lowest BCUT2D eigenvalue weighted by Gasteiger charge is -2.32. The summed E-state index contributed by atoms with van der Waals surface area (Å²) in [5, 5.41) is 0. The number of carbonyl (C=O) groups excluding carboxylic acids is 1. The second kappa shape index (κ2) is 5.61. The van der Waals surface area contributed by atoms with Crippen molar-refractivity contribution in [1.82, 2.24) is 14.9 Å². The second-order valence-electron chi connectivity index (χ2n) is 6.00. The van der Waals surface area contributed by atoms with E-state index in [0.29, 0.717) is 19.6 Å². The molecule has 23 heavy (non-hydrogen) atoms. The van der Waals surface area contributed by atoms with Gasteiger partial charge >= 0.3 is 0 Å². The number of aromatic amines is 1. The highest BCUT2D eigenvalue weighted by Gasteiger charge is 2.32. The number of amides is 1. The van der Waals surface area contributed by atoms with Crippen molar-refractivity contribution >= 4 is 5.91 Å². The minimum Gasteiger partial charge on any atom is -0.493 e. The van der Waals surface area contributed by atoms with E-state index in [0.717, 1.165) is 41.4 Å². The zero-order valence-electron chi connectivity index (χ0n) is 13.0. The third kappa shape index (κ3) is 2.44. The van der Waals surface area contributed by atoms with Gasteiger partial charge < -0.3 is 19.4 Å². The number of nitrogens with zero attached hydrogens (tertiary/aromatic N) is 2. The van der Waals surface area contributed by atoms with Crippen molar-refractivity contribution in [2.24, 2.45) is 5.92 Å². The van der Waals surface area contributed by atoms with Crippen molar-refractivity contribution in [2.45, 2.75) is 19.4 Å². The minimum atomic E-state index is -0.140. The molecule has 2 aliphatic rings. The van der Waals surface area contributed by atoms with Crippen LogP contribution in [0, 0.1) is 5.92 Å². The summed E-state index contributed by atoms with van der Waals surface area (Å²) in [6, 6.07) is 5.82. The molecule has 6 nitrogen and oxygen atoms in total. The number of imidazole rings is 1. The molecular formula is C17H19N3O3. The van der Waals surface area contributed by atoms with Crippen LogP contribution in [-0.2, 0) is 24.2 Å². The summed E-state index contributed by atoms with van der Waals surface area (Å²) in [4.78, 5) is 22.1. The Morgan fingerprint density at radius 1 is 1.48 bits per heavy atom. The Bertz CT molecular complexity index is 740. The Morgan fingerprint density at radius 3 is 3.26 bits per heavy atom. The van der Waals surface area contributed by atoms with Crippen molar-refractivity contribution in [3.05, 3.63) is 41.5 Å². The molecule has 0 radical (unpaired) electrons. The largest absolute Gasteiger partial charge is 0.493 e. The Hall–Kier alpha value is -2.50. The van der Waals surface area contributed by atoms with Crippen LogP contribution in [-0.4, -0.2) is 41.0 Å². The van der Waals surface area contributed by atoms with Crippen LogP contribution < -0.4 is 9.47 Å². The van der Waals surface area contributed by atoms with Crippen LogP contribution in [0.3, 0.4) is 0 Å². The van der Waals surface area contributed by atoms with E-state index in [1.54, 1.807) is 13.4 Å². The van der Waals surface area contributed by atoms with Gasteiger partial charge in [0.05, 0.1) is 37.3 Å². The van der Waals surface area contributed by atoms with Crippen molar-refractivity contribution in [3.63, 3.8) is 0 Å². The average Bonchev–Trinajstić information content (AvgIpc) is 3.07. The average molecular weight is 313 g/mol. The van der Waals surface area contributed by atoms with Crippen molar-refractivity contribution < 1.29 is 14.3 Å². The molecule has 6 heteroatoms. The number of aromatic nitrogens is 2. The number of H-pyrrole nitrogens is 1. The molecule has 1 aromatic heterocycles. The van der Waals surface area contributed by atoms with Crippen LogP contribution in [0.1, 0.15) is 17.0 Å². The van der Waals surface area contributed by atoms with Gasteiger partial charge in [-0.05, 0) is 18.1 Å². The SMILES string of the molecule is COc1cccc2c1OC[C@@H](C(=O)N1CCc3nc[nH]c3C1)C2. The summed E-state index contributed by atoms with van der Waals surface area (Å²) in [5.74, 6) is 1.51. The van der Waals surface area contributed by atoms with Gasteiger partial charge in [0.15, 0.2) is 11.5 Å². The predicted octanol–water partition coefficient (Wildman–Crippen LogP) is 1.55. The molecule has 0 spiro atoms. The Morgan fingerprint density at radius 2 is 2.39 bits per heavy atom. The standard InChI is InChI=1S/C17H19N3O3/c1-22-15-4-2-3-11-7-12(9-23-16(11)15)17(21)20-6-5-13-14(8-20)19-10-18-13/h2-4,10,12H,5-9H2,1H3,(H,18,19)/t12-/m0/s1. The number of hydrogen-bond donors (Lipinski definition) is 1. The molecule has 1 N–H and O–H groups in total. The van der Waals surface area contributed by atoms with E-state index in [1.165, 1.54) is 0 Å². The van der Waals surface area contributed by atoms with Crippen molar-refractivity contribution in [1.29, 1.82) is 0 Å². The summed E-state index contributed by atoms with van der Waals surface area (Å²) in [6.45, 7) is 1.73. The Labute approximate surface area is 134 Å². The normalized spacial score (nSPS) is 19.5. The van der Waals surface area contributed by atoms with E-state index in [9.17, 15) is 4.79 Å². The molecule has 2 aromatic rings. The van der Waals surface area contributed by atoms with Crippen LogP contribution >= 0.6 is 0 Å². The van der Waals surface area contributed by atoms with Crippen molar-refractivity contribution in [3.8, 4) is 11.5 Å². The fourth-order valence-electron chi connectivity index (χ4n) is 3.37. The first-order valence-electron chi connectivity index (χ1n) is 7.85. The Balaban J connectivity index is 1.50. The highest BCUT2D eigenvalue weighted by molar-refractivity contribution is 5.80. The highest BCUT2D eigenvalue weighted by Crippen LogP contribution is 2.36. The first kappa shape index (κ1) is 14.1. The quantitative estimate of drug-likeness (QED) is 0.913. The maximum absolute atomic E-state index is 12.8. The van der Waals surface area contributed by atoms with E-state index in [-0.39, 0.29) is 11.8 Å². The number of rotatable bonds is 2. The summed E-state index contributed by atoms with van der Waals surface area (Å²) >= 11 is 0. The maximum Gasteiger partial charge on any atom is 0.229 e. The summed E-state index contributed by atoms with van der Waals surface area (Å²) in [5.41, 5.74) is 3.15. The van der Waals surface area contributed by atoms with E-state index < -0.39 is 0 Å².